The molecular weight excluding hydrogens is 222 g/mol. The summed E-state index contributed by atoms with van der Waals surface area (Å²) < 4.78 is 24.6. The lowest BCUT2D eigenvalue weighted by atomic mass is 10.0. The van der Waals surface area contributed by atoms with E-state index in [1.807, 2.05) is 26.1 Å². The number of nitrogens with one attached hydrogen (secondary N) is 1. The maximum absolute atomic E-state index is 12.3. The van der Waals surface area contributed by atoms with Crippen molar-refractivity contribution in [2.24, 2.45) is 0 Å². The van der Waals surface area contributed by atoms with Crippen LogP contribution in [0.15, 0.2) is 29.2 Å². The molecule has 0 fully saturated rings. The van der Waals surface area contributed by atoms with Gasteiger partial charge in [0.05, 0.1) is 16.2 Å². The number of sulfone groups is 1. The fourth-order valence-corrected chi connectivity index (χ4v) is 4.79. The summed E-state index contributed by atoms with van der Waals surface area (Å²) in [4.78, 5) is 0.507. The van der Waals surface area contributed by atoms with Crippen LogP contribution in [0.4, 0.5) is 0 Å². The van der Waals surface area contributed by atoms with Gasteiger partial charge in [-0.15, -0.1) is 0 Å². The van der Waals surface area contributed by atoms with E-state index in [0.29, 0.717) is 11.3 Å². The van der Waals surface area contributed by atoms with Crippen molar-refractivity contribution in [1.82, 2.24) is 5.32 Å². The van der Waals surface area contributed by atoms with E-state index in [2.05, 4.69) is 5.32 Å². The zero-order chi connectivity index (χ0) is 11.8. The highest BCUT2D eigenvalue weighted by molar-refractivity contribution is 7.92. The zero-order valence-corrected chi connectivity index (χ0v) is 10.4. The van der Waals surface area contributed by atoms with Crippen molar-refractivity contribution in [2.75, 3.05) is 7.05 Å². The van der Waals surface area contributed by atoms with Crippen LogP contribution in [-0.4, -0.2) is 20.7 Å². The number of benzene rings is 1. The largest absolute Gasteiger partial charge is 0.312 e. The molecule has 0 saturated heterocycles. The number of hydrogen-bond donors (Lipinski definition) is 1. The molecule has 2 rings (SSSR count). The average Bonchev–Trinajstić information content (AvgIpc) is 2.49. The monoisotopic (exact) mass is 239 g/mol. The lowest BCUT2D eigenvalue weighted by Crippen LogP contribution is -2.29. The normalized spacial score (nSPS) is 26.6. The minimum Gasteiger partial charge on any atom is -0.312 e. The Hall–Kier alpha value is -0.870. The van der Waals surface area contributed by atoms with Crippen molar-refractivity contribution in [3.05, 3.63) is 29.8 Å². The molecule has 1 aliphatic rings. The summed E-state index contributed by atoms with van der Waals surface area (Å²) in [5.41, 5.74) is 0.920. The summed E-state index contributed by atoms with van der Waals surface area (Å²) in [6.07, 6.45) is 1.60. The summed E-state index contributed by atoms with van der Waals surface area (Å²) in [5.74, 6) is 0. The van der Waals surface area contributed by atoms with Crippen molar-refractivity contribution >= 4 is 9.84 Å². The Morgan fingerprint density at radius 2 is 2.00 bits per heavy atom. The third-order valence-electron chi connectivity index (χ3n) is 3.22. The van der Waals surface area contributed by atoms with Crippen LogP contribution in [0.2, 0.25) is 0 Å². The molecular formula is C12H17NO2S. The first-order chi connectivity index (χ1) is 7.62. The smallest absolute Gasteiger partial charge is 0.183 e. The van der Waals surface area contributed by atoms with Crippen LogP contribution < -0.4 is 5.32 Å². The maximum Gasteiger partial charge on any atom is 0.183 e. The quantitative estimate of drug-likeness (QED) is 0.876. The predicted molar refractivity (Wildman–Crippen MR) is 64.1 cm³/mol. The molecule has 1 heterocycles. The number of fused-ring (bicyclic) bond motifs is 1. The van der Waals surface area contributed by atoms with Crippen LogP contribution in [0.25, 0.3) is 0 Å². The molecule has 2 unspecified atom stereocenters. The molecule has 4 heteroatoms. The minimum atomic E-state index is -3.13. The molecule has 16 heavy (non-hydrogen) atoms. The highest BCUT2D eigenvalue weighted by atomic mass is 32.2. The summed E-state index contributed by atoms with van der Waals surface area (Å²) in [6.45, 7) is 2.02. The standard InChI is InChI=1S/C12H17NO2S/c1-3-6-11-12(13-2)9-7-4-5-8-10(9)16(11,14)15/h4-5,7-8,11-13H,3,6H2,1-2H3. The molecule has 0 amide bonds. The lowest BCUT2D eigenvalue weighted by Gasteiger charge is -2.17. The van der Waals surface area contributed by atoms with Gasteiger partial charge in [0.2, 0.25) is 0 Å². The third-order valence-corrected chi connectivity index (χ3v) is 5.50. The maximum atomic E-state index is 12.3. The Labute approximate surface area is 96.8 Å². The number of hydrogen-bond acceptors (Lipinski definition) is 3. The van der Waals surface area contributed by atoms with Crippen molar-refractivity contribution in [3.63, 3.8) is 0 Å². The minimum absolute atomic E-state index is 0.0545. The molecule has 0 aromatic heterocycles. The summed E-state index contributed by atoms with van der Waals surface area (Å²) in [5, 5.41) is 2.83. The Morgan fingerprint density at radius 3 is 2.62 bits per heavy atom. The van der Waals surface area contributed by atoms with E-state index >= 15 is 0 Å². The molecule has 0 saturated carbocycles. The fourth-order valence-electron chi connectivity index (χ4n) is 2.49. The fraction of sp³-hybridized carbons (Fsp3) is 0.500. The first-order valence-electron chi connectivity index (χ1n) is 5.63. The van der Waals surface area contributed by atoms with Crippen molar-refractivity contribution in [3.8, 4) is 0 Å². The van der Waals surface area contributed by atoms with Gasteiger partial charge in [-0.05, 0) is 25.1 Å². The van der Waals surface area contributed by atoms with Gasteiger partial charge in [-0.3, -0.25) is 0 Å². The van der Waals surface area contributed by atoms with E-state index in [1.54, 1.807) is 12.1 Å². The second-order valence-electron chi connectivity index (χ2n) is 4.18. The topological polar surface area (TPSA) is 46.2 Å². The molecule has 0 aliphatic carbocycles. The van der Waals surface area contributed by atoms with Gasteiger partial charge >= 0.3 is 0 Å². The van der Waals surface area contributed by atoms with Gasteiger partial charge in [0.25, 0.3) is 0 Å². The Bertz CT molecular complexity index is 482. The van der Waals surface area contributed by atoms with E-state index in [1.165, 1.54) is 0 Å². The van der Waals surface area contributed by atoms with Crippen LogP contribution >= 0.6 is 0 Å². The second-order valence-corrected chi connectivity index (χ2v) is 6.31. The molecule has 1 aromatic carbocycles. The van der Waals surface area contributed by atoms with Crippen LogP contribution in [0, 0.1) is 0 Å². The average molecular weight is 239 g/mol. The molecule has 0 bridgehead atoms. The zero-order valence-electron chi connectivity index (χ0n) is 9.60. The van der Waals surface area contributed by atoms with Gasteiger partial charge in [-0.2, -0.15) is 0 Å². The highest BCUT2D eigenvalue weighted by Gasteiger charge is 2.43. The first kappa shape index (κ1) is 11.6. The molecule has 0 radical (unpaired) electrons. The van der Waals surface area contributed by atoms with Crippen molar-refractivity contribution < 1.29 is 8.42 Å². The third kappa shape index (κ3) is 1.57. The van der Waals surface area contributed by atoms with Crippen LogP contribution in [0.5, 0.6) is 0 Å². The van der Waals surface area contributed by atoms with Gasteiger partial charge in [-0.1, -0.05) is 31.5 Å². The lowest BCUT2D eigenvalue weighted by molar-refractivity contribution is 0.514. The van der Waals surface area contributed by atoms with Crippen LogP contribution in [0.3, 0.4) is 0 Å². The summed E-state index contributed by atoms with van der Waals surface area (Å²) >= 11 is 0. The van der Waals surface area contributed by atoms with Gasteiger partial charge in [0.15, 0.2) is 9.84 Å². The van der Waals surface area contributed by atoms with E-state index in [0.717, 1.165) is 12.0 Å². The van der Waals surface area contributed by atoms with Crippen LogP contribution in [0.1, 0.15) is 31.4 Å². The molecule has 88 valence electrons. The van der Waals surface area contributed by atoms with Gasteiger partial charge in [0.1, 0.15) is 0 Å². The Kier molecular flexibility index (Phi) is 3.04. The van der Waals surface area contributed by atoms with E-state index in [4.69, 9.17) is 0 Å². The molecule has 3 nitrogen and oxygen atoms in total. The summed E-state index contributed by atoms with van der Waals surface area (Å²) in [6, 6.07) is 7.25. The van der Waals surface area contributed by atoms with Gasteiger partial charge in [0, 0.05) is 0 Å². The SMILES string of the molecule is CCCC1C(NC)c2ccccc2S1(=O)=O. The number of rotatable bonds is 3. The van der Waals surface area contributed by atoms with Crippen molar-refractivity contribution in [2.45, 2.75) is 36.0 Å². The Balaban J connectivity index is 2.55. The van der Waals surface area contributed by atoms with E-state index in [9.17, 15) is 8.42 Å². The van der Waals surface area contributed by atoms with Gasteiger partial charge < -0.3 is 5.32 Å². The molecule has 1 aromatic rings. The molecule has 2 atom stereocenters. The Morgan fingerprint density at radius 1 is 1.31 bits per heavy atom. The predicted octanol–water partition coefficient (Wildman–Crippen LogP) is 1.90. The van der Waals surface area contributed by atoms with E-state index < -0.39 is 9.84 Å². The highest BCUT2D eigenvalue weighted by Crippen LogP contribution is 2.40. The first-order valence-corrected chi connectivity index (χ1v) is 7.17. The van der Waals surface area contributed by atoms with E-state index in [-0.39, 0.29) is 11.3 Å². The summed E-state index contributed by atoms with van der Waals surface area (Å²) in [7, 11) is -1.31. The van der Waals surface area contributed by atoms with Crippen molar-refractivity contribution in [1.29, 1.82) is 0 Å². The molecule has 1 N–H and O–H groups in total. The molecule has 1 aliphatic heterocycles. The van der Waals surface area contributed by atoms with Gasteiger partial charge in [-0.25, -0.2) is 8.42 Å². The molecule has 0 spiro atoms. The van der Waals surface area contributed by atoms with Crippen LogP contribution in [-0.2, 0) is 9.84 Å². The second kappa shape index (κ2) is 4.18.